The molecule has 1 aromatic carbocycles. The maximum absolute atomic E-state index is 7.12. The SMILES string of the molecule is CCc1cccc(\C=C/C=C(C)\C=C(/C)C=N)c1. The zero-order valence-electron chi connectivity index (χ0n) is 11.4. The van der Waals surface area contributed by atoms with E-state index in [0.29, 0.717) is 0 Å². The normalized spacial score (nSPS) is 13.1. The van der Waals surface area contributed by atoms with Gasteiger partial charge in [-0.05, 0) is 37.0 Å². The van der Waals surface area contributed by atoms with Crippen LogP contribution in [0.2, 0.25) is 0 Å². The number of aryl methyl sites for hydroxylation is 1. The summed E-state index contributed by atoms with van der Waals surface area (Å²) in [5.41, 5.74) is 4.70. The standard InChI is InChI=1S/C17H21N/c1-4-16-8-6-10-17(12-16)9-5-7-14(2)11-15(3)13-18/h5-13,18H,4H2,1-3H3/b9-5-,14-7-,15-11+,18-13?. The molecule has 0 radical (unpaired) electrons. The lowest BCUT2D eigenvalue weighted by Crippen LogP contribution is -1.80. The van der Waals surface area contributed by atoms with Gasteiger partial charge in [-0.1, -0.05) is 61.1 Å². The zero-order chi connectivity index (χ0) is 13.4. The Morgan fingerprint density at radius 3 is 2.67 bits per heavy atom. The number of allylic oxidation sites excluding steroid dienone is 5. The molecular formula is C17H21N. The van der Waals surface area contributed by atoms with E-state index in [9.17, 15) is 0 Å². The minimum atomic E-state index is 0.963. The number of hydrogen-bond acceptors (Lipinski definition) is 1. The van der Waals surface area contributed by atoms with Crippen LogP contribution in [0.4, 0.5) is 0 Å². The van der Waals surface area contributed by atoms with E-state index in [4.69, 9.17) is 5.41 Å². The van der Waals surface area contributed by atoms with Gasteiger partial charge >= 0.3 is 0 Å². The van der Waals surface area contributed by atoms with E-state index in [2.05, 4.69) is 49.4 Å². The van der Waals surface area contributed by atoms with Gasteiger partial charge in [-0.3, -0.25) is 0 Å². The van der Waals surface area contributed by atoms with Gasteiger partial charge in [0.25, 0.3) is 0 Å². The van der Waals surface area contributed by atoms with Crippen molar-refractivity contribution >= 4 is 12.3 Å². The zero-order valence-corrected chi connectivity index (χ0v) is 11.4. The molecule has 0 aliphatic carbocycles. The summed E-state index contributed by atoms with van der Waals surface area (Å²) in [6.45, 7) is 6.14. The highest BCUT2D eigenvalue weighted by molar-refractivity contribution is 5.75. The van der Waals surface area contributed by atoms with Crippen molar-refractivity contribution in [3.63, 3.8) is 0 Å². The van der Waals surface area contributed by atoms with Crippen LogP contribution in [-0.4, -0.2) is 6.21 Å². The number of nitrogens with one attached hydrogen (secondary N) is 1. The Labute approximate surface area is 110 Å². The van der Waals surface area contributed by atoms with Crippen molar-refractivity contribution in [2.24, 2.45) is 0 Å². The Kier molecular flexibility index (Phi) is 5.86. The largest absolute Gasteiger partial charge is 0.308 e. The summed E-state index contributed by atoms with van der Waals surface area (Å²) in [6.07, 6.45) is 10.7. The molecule has 0 atom stereocenters. The Morgan fingerprint density at radius 2 is 2.00 bits per heavy atom. The molecule has 0 spiro atoms. The van der Waals surface area contributed by atoms with Gasteiger partial charge < -0.3 is 5.41 Å². The van der Waals surface area contributed by atoms with Crippen LogP contribution in [0.3, 0.4) is 0 Å². The van der Waals surface area contributed by atoms with Gasteiger partial charge in [0.15, 0.2) is 0 Å². The summed E-state index contributed by atoms with van der Waals surface area (Å²) in [7, 11) is 0. The third-order valence-corrected chi connectivity index (χ3v) is 2.69. The van der Waals surface area contributed by atoms with Crippen LogP contribution < -0.4 is 0 Å². The monoisotopic (exact) mass is 239 g/mol. The first kappa shape index (κ1) is 14.2. The summed E-state index contributed by atoms with van der Waals surface area (Å²) in [4.78, 5) is 0. The molecule has 1 rings (SSSR count). The predicted octanol–water partition coefficient (Wildman–Crippen LogP) is 4.80. The number of benzene rings is 1. The van der Waals surface area contributed by atoms with Crippen LogP contribution >= 0.6 is 0 Å². The molecule has 0 fully saturated rings. The van der Waals surface area contributed by atoms with Crippen LogP contribution in [0.5, 0.6) is 0 Å². The molecule has 18 heavy (non-hydrogen) atoms. The van der Waals surface area contributed by atoms with Crippen molar-refractivity contribution in [1.82, 2.24) is 0 Å². The van der Waals surface area contributed by atoms with Crippen molar-refractivity contribution in [3.8, 4) is 0 Å². The fraction of sp³-hybridized carbons (Fsp3) is 0.235. The van der Waals surface area contributed by atoms with E-state index in [1.807, 2.05) is 19.9 Å². The maximum atomic E-state index is 7.12. The average molecular weight is 239 g/mol. The Morgan fingerprint density at radius 1 is 1.22 bits per heavy atom. The lowest BCUT2D eigenvalue weighted by Gasteiger charge is -1.97. The van der Waals surface area contributed by atoms with Crippen LogP contribution in [0.25, 0.3) is 6.08 Å². The van der Waals surface area contributed by atoms with E-state index >= 15 is 0 Å². The average Bonchev–Trinajstić information content (AvgIpc) is 2.38. The van der Waals surface area contributed by atoms with Gasteiger partial charge in [0.05, 0.1) is 0 Å². The fourth-order valence-electron chi connectivity index (χ4n) is 1.68. The second-order valence-corrected chi connectivity index (χ2v) is 4.40. The van der Waals surface area contributed by atoms with E-state index < -0.39 is 0 Å². The molecule has 0 saturated heterocycles. The first-order chi connectivity index (χ1) is 8.65. The summed E-state index contributed by atoms with van der Waals surface area (Å²) in [5, 5.41) is 7.12. The molecule has 1 N–H and O–H groups in total. The topological polar surface area (TPSA) is 23.9 Å². The minimum absolute atomic E-state index is 0.963. The smallest absolute Gasteiger partial charge is 0.0207 e. The fourth-order valence-corrected chi connectivity index (χ4v) is 1.68. The van der Waals surface area contributed by atoms with Crippen LogP contribution in [0.1, 0.15) is 31.9 Å². The maximum Gasteiger partial charge on any atom is 0.0207 e. The molecule has 0 aliphatic rings. The van der Waals surface area contributed by atoms with Crippen molar-refractivity contribution in [2.75, 3.05) is 0 Å². The summed E-state index contributed by atoms with van der Waals surface area (Å²) >= 11 is 0. The molecule has 0 aliphatic heterocycles. The van der Waals surface area contributed by atoms with Gasteiger partial charge in [-0.25, -0.2) is 0 Å². The summed E-state index contributed by atoms with van der Waals surface area (Å²) in [6, 6.07) is 8.55. The second kappa shape index (κ2) is 7.44. The highest BCUT2D eigenvalue weighted by Crippen LogP contribution is 2.08. The minimum Gasteiger partial charge on any atom is -0.308 e. The van der Waals surface area contributed by atoms with E-state index in [0.717, 1.165) is 17.6 Å². The van der Waals surface area contributed by atoms with Gasteiger partial charge in [-0.15, -0.1) is 0 Å². The third-order valence-electron chi connectivity index (χ3n) is 2.69. The molecule has 0 saturated carbocycles. The quantitative estimate of drug-likeness (QED) is 0.563. The highest BCUT2D eigenvalue weighted by atomic mass is 14.3. The molecule has 1 nitrogen and oxygen atoms in total. The third kappa shape index (κ3) is 4.96. The Balaban J connectivity index is 2.75. The van der Waals surface area contributed by atoms with E-state index in [-0.39, 0.29) is 0 Å². The molecular weight excluding hydrogens is 218 g/mol. The molecule has 0 amide bonds. The molecule has 0 heterocycles. The van der Waals surface area contributed by atoms with Crippen molar-refractivity contribution in [1.29, 1.82) is 5.41 Å². The summed E-state index contributed by atoms with van der Waals surface area (Å²) in [5.74, 6) is 0. The van der Waals surface area contributed by atoms with Crippen LogP contribution in [0, 0.1) is 5.41 Å². The predicted molar refractivity (Wildman–Crippen MR) is 81.2 cm³/mol. The lowest BCUT2D eigenvalue weighted by molar-refractivity contribution is 1.14. The molecule has 0 unspecified atom stereocenters. The molecule has 94 valence electrons. The van der Waals surface area contributed by atoms with Gasteiger partial charge in [0, 0.05) is 6.21 Å². The number of rotatable bonds is 5. The van der Waals surface area contributed by atoms with Crippen LogP contribution in [0.15, 0.2) is 53.6 Å². The summed E-state index contributed by atoms with van der Waals surface area (Å²) < 4.78 is 0. The van der Waals surface area contributed by atoms with Crippen molar-refractivity contribution < 1.29 is 0 Å². The molecule has 1 aromatic rings. The Bertz CT molecular complexity index is 490. The number of hydrogen-bond donors (Lipinski definition) is 1. The second-order valence-electron chi connectivity index (χ2n) is 4.40. The van der Waals surface area contributed by atoms with Gasteiger partial charge in [0.2, 0.25) is 0 Å². The van der Waals surface area contributed by atoms with Gasteiger partial charge in [-0.2, -0.15) is 0 Å². The Hall–Kier alpha value is -1.89. The molecule has 0 bridgehead atoms. The first-order valence-corrected chi connectivity index (χ1v) is 6.28. The highest BCUT2D eigenvalue weighted by Gasteiger charge is 1.89. The van der Waals surface area contributed by atoms with Crippen molar-refractivity contribution in [3.05, 3.63) is 64.8 Å². The van der Waals surface area contributed by atoms with Crippen LogP contribution in [-0.2, 0) is 6.42 Å². The lowest BCUT2D eigenvalue weighted by atomic mass is 10.1. The van der Waals surface area contributed by atoms with E-state index in [1.165, 1.54) is 17.3 Å². The molecule has 0 aromatic heterocycles. The first-order valence-electron chi connectivity index (χ1n) is 6.28. The van der Waals surface area contributed by atoms with Crippen molar-refractivity contribution in [2.45, 2.75) is 27.2 Å². The van der Waals surface area contributed by atoms with E-state index in [1.54, 1.807) is 0 Å². The molecule has 1 heteroatoms. The van der Waals surface area contributed by atoms with Gasteiger partial charge in [0.1, 0.15) is 0 Å².